The lowest BCUT2D eigenvalue weighted by Gasteiger charge is -2.24. The van der Waals surface area contributed by atoms with E-state index in [2.05, 4.69) is 26.6 Å². The second kappa shape index (κ2) is 6.21. The van der Waals surface area contributed by atoms with Crippen LogP contribution >= 0.6 is 15.9 Å². The normalized spacial score (nSPS) is 11.1. The minimum absolute atomic E-state index is 0.202. The van der Waals surface area contributed by atoms with Crippen LogP contribution in [0, 0.1) is 12.7 Å². The van der Waals surface area contributed by atoms with Gasteiger partial charge in [0.2, 0.25) is 0 Å². The number of carbonyl (C=O) groups excluding carboxylic acids is 1. The minimum Gasteiger partial charge on any atom is -0.481 e. The topological polar surface area (TPSA) is 78.4 Å². The molecule has 5 nitrogen and oxygen atoms in total. The van der Waals surface area contributed by atoms with Gasteiger partial charge in [-0.2, -0.15) is 0 Å². The summed E-state index contributed by atoms with van der Waals surface area (Å²) < 4.78 is 13.5. The van der Waals surface area contributed by atoms with Gasteiger partial charge in [0.15, 0.2) is 0 Å². The molecule has 0 aliphatic carbocycles. The number of carboxylic acid groups (broad SMARTS) is 1. The van der Waals surface area contributed by atoms with Gasteiger partial charge in [-0.3, -0.25) is 4.79 Å². The van der Waals surface area contributed by atoms with E-state index in [-0.39, 0.29) is 10.9 Å². The summed E-state index contributed by atoms with van der Waals surface area (Å²) >= 11 is 3.04. The van der Waals surface area contributed by atoms with Crippen molar-refractivity contribution in [2.24, 2.45) is 0 Å². The van der Waals surface area contributed by atoms with Gasteiger partial charge in [0.1, 0.15) is 5.82 Å². The number of aliphatic carboxylic acids is 1. The lowest BCUT2D eigenvalue weighted by Crippen LogP contribution is -2.46. The molecule has 0 atom stereocenters. The molecule has 1 aromatic carbocycles. The van der Waals surface area contributed by atoms with Gasteiger partial charge in [-0.05, 0) is 54.4 Å². The van der Waals surface area contributed by atoms with Gasteiger partial charge in [0, 0.05) is 11.2 Å². The Kier molecular flexibility index (Phi) is 5.10. The molecule has 110 valence electrons. The van der Waals surface area contributed by atoms with E-state index in [4.69, 9.17) is 5.11 Å². The van der Waals surface area contributed by atoms with Crippen molar-refractivity contribution in [1.29, 1.82) is 0 Å². The average Bonchev–Trinajstić information content (AvgIpc) is 2.22. The molecule has 1 aromatic rings. The van der Waals surface area contributed by atoms with Gasteiger partial charge in [0.25, 0.3) is 0 Å². The highest BCUT2D eigenvalue weighted by Gasteiger charge is 2.24. The van der Waals surface area contributed by atoms with Crippen molar-refractivity contribution in [2.45, 2.75) is 32.7 Å². The molecule has 0 heterocycles. The van der Waals surface area contributed by atoms with Gasteiger partial charge < -0.3 is 15.7 Å². The standard InChI is InChI=1S/C13H16BrFN2O3/c1-7-4-9(15)8(14)5-10(7)16-12(20)17-13(2,3)6-11(18)19/h4-5H,6H2,1-3H3,(H,18,19)(H2,16,17,20). The van der Waals surface area contributed by atoms with Gasteiger partial charge in [-0.25, -0.2) is 9.18 Å². The van der Waals surface area contributed by atoms with E-state index < -0.39 is 23.4 Å². The number of benzene rings is 1. The number of aryl methyl sites for hydroxylation is 1. The first-order valence-electron chi connectivity index (χ1n) is 5.87. The maximum Gasteiger partial charge on any atom is 0.319 e. The van der Waals surface area contributed by atoms with Gasteiger partial charge >= 0.3 is 12.0 Å². The van der Waals surface area contributed by atoms with E-state index in [9.17, 15) is 14.0 Å². The van der Waals surface area contributed by atoms with Crippen LogP contribution in [-0.4, -0.2) is 22.6 Å². The maximum absolute atomic E-state index is 13.3. The second-order valence-electron chi connectivity index (χ2n) is 5.11. The Balaban J connectivity index is 2.77. The fraction of sp³-hybridized carbons (Fsp3) is 0.385. The SMILES string of the molecule is Cc1cc(F)c(Br)cc1NC(=O)NC(C)(C)CC(=O)O. The highest BCUT2D eigenvalue weighted by atomic mass is 79.9. The third kappa shape index (κ3) is 4.80. The molecule has 3 N–H and O–H groups in total. The van der Waals surface area contributed by atoms with Crippen LogP contribution in [-0.2, 0) is 4.79 Å². The molecule has 0 aromatic heterocycles. The van der Waals surface area contributed by atoms with Crippen molar-refractivity contribution < 1.29 is 19.1 Å². The average molecular weight is 347 g/mol. The molecular formula is C13H16BrFN2O3. The van der Waals surface area contributed by atoms with Crippen LogP contribution in [0.1, 0.15) is 25.8 Å². The summed E-state index contributed by atoms with van der Waals surface area (Å²) in [6, 6.07) is 2.20. The van der Waals surface area contributed by atoms with E-state index >= 15 is 0 Å². The van der Waals surface area contributed by atoms with Crippen LogP contribution in [0.15, 0.2) is 16.6 Å². The summed E-state index contributed by atoms with van der Waals surface area (Å²) in [5.41, 5.74) is 0.125. The summed E-state index contributed by atoms with van der Waals surface area (Å²) in [7, 11) is 0. The fourth-order valence-corrected chi connectivity index (χ4v) is 2.01. The molecule has 0 unspecified atom stereocenters. The van der Waals surface area contributed by atoms with Gasteiger partial charge in [-0.1, -0.05) is 0 Å². The van der Waals surface area contributed by atoms with E-state index in [1.165, 1.54) is 12.1 Å². The number of rotatable bonds is 4. The smallest absolute Gasteiger partial charge is 0.319 e. The Labute approximate surface area is 124 Å². The van der Waals surface area contributed by atoms with Crippen molar-refractivity contribution in [2.75, 3.05) is 5.32 Å². The molecule has 2 amide bonds. The third-order valence-corrected chi connectivity index (χ3v) is 3.17. The fourth-order valence-electron chi connectivity index (χ4n) is 1.66. The molecule has 0 bridgehead atoms. The maximum atomic E-state index is 13.3. The van der Waals surface area contributed by atoms with E-state index in [0.29, 0.717) is 11.3 Å². The Bertz CT molecular complexity index is 547. The first-order chi connectivity index (χ1) is 9.10. The van der Waals surface area contributed by atoms with Crippen molar-refractivity contribution >= 4 is 33.6 Å². The zero-order valence-electron chi connectivity index (χ0n) is 11.4. The van der Waals surface area contributed by atoms with Crippen molar-refractivity contribution in [3.05, 3.63) is 28.0 Å². The summed E-state index contributed by atoms with van der Waals surface area (Å²) in [6.07, 6.45) is -0.202. The molecule has 0 radical (unpaired) electrons. The van der Waals surface area contributed by atoms with E-state index in [1.807, 2.05) is 0 Å². The number of urea groups is 1. The van der Waals surface area contributed by atoms with Gasteiger partial charge in [-0.15, -0.1) is 0 Å². The van der Waals surface area contributed by atoms with E-state index in [0.717, 1.165) is 0 Å². The Hall–Kier alpha value is -1.63. The first kappa shape index (κ1) is 16.4. The van der Waals surface area contributed by atoms with Crippen LogP contribution < -0.4 is 10.6 Å². The molecule has 0 saturated heterocycles. The number of anilines is 1. The van der Waals surface area contributed by atoms with Crippen molar-refractivity contribution in [1.82, 2.24) is 5.32 Å². The molecule has 0 saturated carbocycles. The number of carbonyl (C=O) groups is 2. The molecular weight excluding hydrogens is 331 g/mol. The highest BCUT2D eigenvalue weighted by molar-refractivity contribution is 9.10. The first-order valence-corrected chi connectivity index (χ1v) is 6.66. The van der Waals surface area contributed by atoms with Crippen LogP contribution in [0.4, 0.5) is 14.9 Å². The third-order valence-electron chi connectivity index (χ3n) is 2.56. The minimum atomic E-state index is -1.00. The molecule has 0 fully saturated rings. The molecule has 0 aliphatic rings. The molecule has 20 heavy (non-hydrogen) atoms. The Morgan fingerprint density at radius 2 is 2.00 bits per heavy atom. The highest BCUT2D eigenvalue weighted by Crippen LogP contribution is 2.24. The largest absolute Gasteiger partial charge is 0.481 e. The Morgan fingerprint density at radius 1 is 1.40 bits per heavy atom. The quantitative estimate of drug-likeness (QED) is 0.782. The van der Waals surface area contributed by atoms with Crippen molar-refractivity contribution in [3.8, 4) is 0 Å². The molecule has 1 rings (SSSR count). The zero-order chi connectivity index (χ0) is 15.5. The van der Waals surface area contributed by atoms with Crippen LogP contribution in [0.5, 0.6) is 0 Å². The van der Waals surface area contributed by atoms with Gasteiger partial charge in [0.05, 0.1) is 10.9 Å². The van der Waals surface area contributed by atoms with Crippen LogP contribution in [0.2, 0.25) is 0 Å². The van der Waals surface area contributed by atoms with Crippen molar-refractivity contribution in [3.63, 3.8) is 0 Å². The molecule has 7 heteroatoms. The Morgan fingerprint density at radius 3 is 2.55 bits per heavy atom. The predicted molar refractivity (Wildman–Crippen MR) is 77.3 cm³/mol. The lowest BCUT2D eigenvalue weighted by atomic mass is 10.0. The number of halogens is 2. The molecule has 0 aliphatic heterocycles. The number of amides is 2. The zero-order valence-corrected chi connectivity index (χ0v) is 13.0. The second-order valence-corrected chi connectivity index (χ2v) is 5.97. The predicted octanol–water partition coefficient (Wildman–Crippen LogP) is 3.27. The summed E-state index contributed by atoms with van der Waals surface area (Å²) in [4.78, 5) is 22.5. The number of hydrogen-bond donors (Lipinski definition) is 3. The monoisotopic (exact) mass is 346 g/mol. The number of hydrogen-bond acceptors (Lipinski definition) is 2. The van der Waals surface area contributed by atoms with E-state index in [1.54, 1.807) is 20.8 Å². The lowest BCUT2D eigenvalue weighted by molar-refractivity contribution is -0.138. The number of carboxylic acids is 1. The summed E-state index contributed by atoms with van der Waals surface area (Å²) in [5, 5.41) is 13.9. The summed E-state index contributed by atoms with van der Waals surface area (Å²) in [5.74, 6) is -1.42. The number of nitrogens with one attached hydrogen (secondary N) is 2. The van der Waals surface area contributed by atoms with Crippen LogP contribution in [0.25, 0.3) is 0 Å². The molecule has 0 spiro atoms. The summed E-state index contributed by atoms with van der Waals surface area (Å²) in [6.45, 7) is 4.87. The van der Waals surface area contributed by atoms with Crippen LogP contribution in [0.3, 0.4) is 0 Å².